The molecule has 1 aliphatic heterocycles. The van der Waals surface area contributed by atoms with E-state index in [0.717, 1.165) is 19.7 Å². The number of ether oxygens (including phenoxy) is 1. The molecule has 0 saturated carbocycles. The van der Waals surface area contributed by atoms with Gasteiger partial charge in [-0.3, -0.25) is 4.90 Å². The average Bonchev–Trinajstić information content (AvgIpc) is 2.12. The van der Waals surface area contributed by atoms with Gasteiger partial charge in [0.15, 0.2) is 0 Å². The topological polar surface area (TPSA) is 12.5 Å². The fourth-order valence-electron chi connectivity index (χ4n) is 2.17. The van der Waals surface area contributed by atoms with Gasteiger partial charge < -0.3 is 4.74 Å². The van der Waals surface area contributed by atoms with Gasteiger partial charge in [0.1, 0.15) is 0 Å². The Morgan fingerprint density at radius 3 is 2.67 bits per heavy atom. The first kappa shape index (κ1) is 13.0. The largest absolute Gasteiger partial charge is 0.376 e. The molecule has 0 aromatic carbocycles. The van der Waals surface area contributed by atoms with E-state index in [9.17, 15) is 0 Å². The molecule has 0 amide bonds. The summed E-state index contributed by atoms with van der Waals surface area (Å²) in [6.07, 6.45) is 4.25. The first-order chi connectivity index (χ1) is 7.01. The van der Waals surface area contributed by atoms with Crippen LogP contribution in [0.15, 0.2) is 0 Å². The van der Waals surface area contributed by atoms with E-state index in [2.05, 4.69) is 32.6 Å². The number of nitrogens with zero attached hydrogens (tertiary/aromatic N) is 1. The van der Waals surface area contributed by atoms with Crippen molar-refractivity contribution in [2.75, 3.05) is 26.2 Å². The van der Waals surface area contributed by atoms with Gasteiger partial charge in [0.05, 0.1) is 12.7 Å². The van der Waals surface area contributed by atoms with E-state index < -0.39 is 0 Å². The number of unbranched alkanes of at least 4 members (excludes halogenated alkanes) is 1. The summed E-state index contributed by atoms with van der Waals surface area (Å²) in [5, 5.41) is 0. The Hall–Kier alpha value is -0.0800. The second kappa shape index (κ2) is 5.86. The zero-order chi connectivity index (χ0) is 11.3. The molecule has 1 atom stereocenters. The van der Waals surface area contributed by atoms with Gasteiger partial charge in [0.25, 0.3) is 0 Å². The lowest BCUT2D eigenvalue weighted by Crippen LogP contribution is -2.44. The van der Waals surface area contributed by atoms with Crippen molar-refractivity contribution in [3.8, 4) is 0 Å². The highest BCUT2D eigenvalue weighted by atomic mass is 16.5. The van der Waals surface area contributed by atoms with Crippen molar-refractivity contribution < 1.29 is 4.74 Å². The maximum atomic E-state index is 5.82. The summed E-state index contributed by atoms with van der Waals surface area (Å²) >= 11 is 0. The van der Waals surface area contributed by atoms with Crippen LogP contribution in [0.1, 0.15) is 47.0 Å². The Morgan fingerprint density at radius 1 is 1.33 bits per heavy atom. The molecular weight excluding hydrogens is 186 g/mol. The van der Waals surface area contributed by atoms with Crippen LogP contribution in [0.4, 0.5) is 0 Å². The van der Waals surface area contributed by atoms with E-state index in [0.29, 0.717) is 11.5 Å². The van der Waals surface area contributed by atoms with Gasteiger partial charge in [-0.2, -0.15) is 0 Å². The fourth-order valence-corrected chi connectivity index (χ4v) is 2.17. The molecule has 1 fully saturated rings. The molecule has 15 heavy (non-hydrogen) atoms. The van der Waals surface area contributed by atoms with Gasteiger partial charge in [-0.25, -0.2) is 0 Å². The van der Waals surface area contributed by atoms with Crippen molar-refractivity contribution in [3.05, 3.63) is 0 Å². The lowest BCUT2D eigenvalue weighted by Gasteiger charge is -2.35. The minimum absolute atomic E-state index is 0.387. The minimum Gasteiger partial charge on any atom is -0.376 e. The predicted molar refractivity (Wildman–Crippen MR) is 65.2 cm³/mol. The second-order valence-corrected chi connectivity index (χ2v) is 5.91. The molecule has 2 nitrogen and oxygen atoms in total. The molecule has 1 rings (SSSR count). The first-order valence-electron chi connectivity index (χ1n) is 6.35. The number of hydrogen-bond donors (Lipinski definition) is 0. The Bertz CT molecular complexity index is 174. The van der Waals surface area contributed by atoms with Gasteiger partial charge in [0.2, 0.25) is 0 Å². The summed E-state index contributed by atoms with van der Waals surface area (Å²) in [7, 11) is 0. The zero-order valence-electron chi connectivity index (χ0n) is 10.9. The second-order valence-electron chi connectivity index (χ2n) is 5.91. The molecule has 0 radical (unpaired) electrons. The molecule has 0 spiro atoms. The van der Waals surface area contributed by atoms with E-state index >= 15 is 0 Å². The van der Waals surface area contributed by atoms with E-state index in [-0.39, 0.29) is 0 Å². The Balaban J connectivity index is 2.29. The van der Waals surface area contributed by atoms with Crippen molar-refractivity contribution >= 4 is 0 Å². The molecule has 0 aliphatic carbocycles. The zero-order valence-corrected chi connectivity index (χ0v) is 10.9. The standard InChI is InChI=1S/C13H27NO/c1-5-6-7-14-8-9-15-12(11-14)10-13(2,3)4/h12H,5-11H2,1-4H3. The third kappa shape index (κ3) is 5.53. The third-order valence-electron chi connectivity index (χ3n) is 2.89. The smallest absolute Gasteiger partial charge is 0.0707 e. The normalized spacial score (nSPS) is 24.4. The van der Waals surface area contributed by atoms with Crippen LogP contribution in [-0.4, -0.2) is 37.2 Å². The van der Waals surface area contributed by atoms with E-state index in [4.69, 9.17) is 4.74 Å². The van der Waals surface area contributed by atoms with Gasteiger partial charge in [-0.15, -0.1) is 0 Å². The highest BCUT2D eigenvalue weighted by Gasteiger charge is 2.24. The van der Waals surface area contributed by atoms with Crippen LogP contribution in [0.3, 0.4) is 0 Å². The van der Waals surface area contributed by atoms with Crippen molar-refractivity contribution in [1.29, 1.82) is 0 Å². The van der Waals surface area contributed by atoms with Crippen LogP contribution in [0.2, 0.25) is 0 Å². The van der Waals surface area contributed by atoms with Gasteiger partial charge in [0, 0.05) is 13.1 Å². The molecule has 1 heterocycles. The number of hydrogen-bond acceptors (Lipinski definition) is 2. The summed E-state index contributed by atoms with van der Waals surface area (Å²) in [6, 6.07) is 0. The molecule has 90 valence electrons. The lowest BCUT2D eigenvalue weighted by atomic mass is 9.88. The van der Waals surface area contributed by atoms with E-state index in [1.165, 1.54) is 25.8 Å². The van der Waals surface area contributed by atoms with Crippen LogP contribution in [-0.2, 0) is 4.74 Å². The van der Waals surface area contributed by atoms with Crippen LogP contribution in [0.25, 0.3) is 0 Å². The summed E-state index contributed by atoms with van der Waals surface area (Å²) in [5.74, 6) is 0. The maximum Gasteiger partial charge on any atom is 0.0707 e. The summed E-state index contributed by atoms with van der Waals surface area (Å²) < 4.78 is 5.82. The van der Waals surface area contributed by atoms with Crippen LogP contribution < -0.4 is 0 Å². The predicted octanol–water partition coefficient (Wildman–Crippen LogP) is 2.92. The first-order valence-corrected chi connectivity index (χ1v) is 6.35. The Kier molecular flexibility index (Phi) is 5.07. The maximum absolute atomic E-state index is 5.82. The van der Waals surface area contributed by atoms with Crippen molar-refractivity contribution in [2.24, 2.45) is 5.41 Å². The molecular formula is C13H27NO. The van der Waals surface area contributed by atoms with Gasteiger partial charge in [-0.05, 0) is 24.8 Å². The Labute approximate surface area is 95.0 Å². The fraction of sp³-hybridized carbons (Fsp3) is 1.00. The van der Waals surface area contributed by atoms with Gasteiger partial charge >= 0.3 is 0 Å². The van der Waals surface area contributed by atoms with Crippen molar-refractivity contribution in [2.45, 2.75) is 53.1 Å². The van der Waals surface area contributed by atoms with Crippen LogP contribution in [0, 0.1) is 5.41 Å². The van der Waals surface area contributed by atoms with Crippen LogP contribution in [0.5, 0.6) is 0 Å². The summed E-state index contributed by atoms with van der Waals surface area (Å²) in [5.41, 5.74) is 0.387. The molecule has 0 N–H and O–H groups in total. The SMILES string of the molecule is CCCCN1CCOC(CC(C)(C)C)C1. The van der Waals surface area contributed by atoms with Crippen LogP contribution >= 0.6 is 0 Å². The van der Waals surface area contributed by atoms with Gasteiger partial charge in [-0.1, -0.05) is 34.1 Å². The highest BCUT2D eigenvalue weighted by Crippen LogP contribution is 2.24. The summed E-state index contributed by atoms with van der Waals surface area (Å²) in [4.78, 5) is 2.56. The van der Waals surface area contributed by atoms with E-state index in [1.54, 1.807) is 0 Å². The monoisotopic (exact) mass is 213 g/mol. The number of morpholine rings is 1. The lowest BCUT2D eigenvalue weighted by molar-refractivity contribution is -0.0456. The highest BCUT2D eigenvalue weighted by molar-refractivity contribution is 4.76. The molecule has 2 heteroatoms. The average molecular weight is 213 g/mol. The van der Waals surface area contributed by atoms with Crippen molar-refractivity contribution in [3.63, 3.8) is 0 Å². The molecule has 0 aromatic heterocycles. The Morgan fingerprint density at radius 2 is 2.07 bits per heavy atom. The molecule has 1 aliphatic rings. The van der Waals surface area contributed by atoms with Crippen molar-refractivity contribution in [1.82, 2.24) is 4.90 Å². The third-order valence-corrected chi connectivity index (χ3v) is 2.89. The molecule has 0 aromatic rings. The molecule has 1 unspecified atom stereocenters. The number of rotatable bonds is 4. The molecule has 0 bridgehead atoms. The van der Waals surface area contributed by atoms with E-state index in [1.807, 2.05) is 0 Å². The summed E-state index contributed by atoms with van der Waals surface area (Å²) in [6.45, 7) is 13.6. The minimum atomic E-state index is 0.387. The quantitative estimate of drug-likeness (QED) is 0.712. The molecule has 1 saturated heterocycles.